The van der Waals surface area contributed by atoms with E-state index in [0.717, 1.165) is 10.5 Å². The van der Waals surface area contributed by atoms with Gasteiger partial charge in [-0.15, -0.1) is 0 Å². The van der Waals surface area contributed by atoms with Crippen LogP contribution in [0.1, 0.15) is 5.56 Å². The average Bonchev–Trinajstić information content (AvgIpc) is 2.47. The number of carbonyl (C=O) groups is 2. The van der Waals surface area contributed by atoms with Gasteiger partial charge < -0.3 is 20.4 Å². The van der Waals surface area contributed by atoms with Crippen LogP contribution in [0.4, 0.5) is 0 Å². The normalized spacial score (nSPS) is 10.1. The molecule has 20 heavy (non-hydrogen) atoms. The molecule has 2 amide bonds. The van der Waals surface area contributed by atoms with E-state index in [2.05, 4.69) is 5.32 Å². The SMILES string of the molecule is O=C(NCCc1ccccc1)C(=O)N(CCO)CCO. The standard InChI is InChI=1S/C14H20N2O4/c17-10-8-16(9-11-18)14(20)13(19)15-7-6-12-4-2-1-3-5-12/h1-5,17-18H,6-11H2,(H,15,19). The Bertz CT molecular complexity index is 416. The van der Waals surface area contributed by atoms with Crippen LogP contribution in [-0.4, -0.2) is 59.8 Å². The molecule has 0 bridgehead atoms. The zero-order valence-corrected chi connectivity index (χ0v) is 11.3. The molecule has 0 aromatic heterocycles. The fourth-order valence-electron chi connectivity index (χ4n) is 1.74. The van der Waals surface area contributed by atoms with Gasteiger partial charge in [0.05, 0.1) is 13.2 Å². The third-order valence-electron chi connectivity index (χ3n) is 2.76. The van der Waals surface area contributed by atoms with Crippen molar-refractivity contribution in [1.29, 1.82) is 0 Å². The highest BCUT2D eigenvalue weighted by Gasteiger charge is 2.20. The number of nitrogens with one attached hydrogen (secondary N) is 1. The molecule has 0 saturated heterocycles. The quantitative estimate of drug-likeness (QED) is 0.568. The summed E-state index contributed by atoms with van der Waals surface area (Å²) in [6.45, 7) is -0.0657. The van der Waals surface area contributed by atoms with Gasteiger partial charge in [-0.1, -0.05) is 30.3 Å². The number of benzene rings is 1. The number of carbonyl (C=O) groups excluding carboxylic acids is 2. The van der Waals surface area contributed by atoms with Crippen LogP contribution < -0.4 is 5.32 Å². The Morgan fingerprint density at radius 2 is 1.65 bits per heavy atom. The fraction of sp³-hybridized carbons (Fsp3) is 0.429. The highest BCUT2D eigenvalue weighted by molar-refractivity contribution is 6.35. The topological polar surface area (TPSA) is 89.9 Å². The monoisotopic (exact) mass is 280 g/mol. The lowest BCUT2D eigenvalue weighted by Crippen LogP contribution is -2.45. The summed E-state index contributed by atoms with van der Waals surface area (Å²) in [6, 6.07) is 9.61. The first-order valence-corrected chi connectivity index (χ1v) is 6.51. The second kappa shape index (κ2) is 9.06. The molecule has 0 fully saturated rings. The van der Waals surface area contributed by atoms with Crippen LogP contribution in [0.5, 0.6) is 0 Å². The van der Waals surface area contributed by atoms with Crippen molar-refractivity contribution < 1.29 is 19.8 Å². The Morgan fingerprint density at radius 3 is 2.20 bits per heavy atom. The van der Waals surface area contributed by atoms with E-state index in [-0.39, 0.29) is 26.3 Å². The van der Waals surface area contributed by atoms with Crippen LogP contribution in [0.25, 0.3) is 0 Å². The first-order chi connectivity index (χ1) is 9.69. The zero-order valence-electron chi connectivity index (χ0n) is 11.3. The van der Waals surface area contributed by atoms with E-state index < -0.39 is 11.8 Å². The van der Waals surface area contributed by atoms with Crippen molar-refractivity contribution in [2.75, 3.05) is 32.8 Å². The molecule has 6 nitrogen and oxygen atoms in total. The molecule has 0 heterocycles. The van der Waals surface area contributed by atoms with Gasteiger partial charge >= 0.3 is 11.8 Å². The molecule has 0 unspecified atom stereocenters. The van der Waals surface area contributed by atoms with Crippen LogP contribution in [0.15, 0.2) is 30.3 Å². The summed E-state index contributed by atoms with van der Waals surface area (Å²) < 4.78 is 0. The molecule has 1 aromatic carbocycles. The van der Waals surface area contributed by atoms with Crippen LogP contribution in [0.3, 0.4) is 0 Å². The lowest BCUT2D eigenvalue weighted by molar-refractivity contribution is -0.146. The van der Waals surface area contributed by atoms with E-state index in [0.29, 0.717) is 13.0 Å². The molecule has 1 aromatic rings. The number of hydrogen-bond acceptors (Lipinski definition) is 4. The van der Waals surface area contributed by atoms with Gasteiger partial charge in [-0.3, -0.25) is 9.59 Å². The summed E-state index contributed by atoms with van der Waals surface area (Å²) in [5.74, 6) is -1.45. The first kappa shape index (κ1) is 16.1. The van der Waals surface area contributed by atoms with Crippen molar-refractivity contribution in [3.05, 3.63) is 35.9 Å². The Morgan fingerprint density at radius 1 is 1.05 bits per heavy atom. The number of aliphatic hydroxyl groups excluding tert-OH is 2. The van der Waals surface area contributed by atoms with E-state index >= 15 is 0 Å². The first-order valence-electron chi connectivity index (χ1n) is 6.51. The largest absolute Gasteiger partial charge is 0.395 e. The van der Waals surface area contributed by atoms with Gasteiger partial charge in [0.2, 0.25) is 0 Å². The number of amides is 2. The summed E-state index contributed by atoms with van der Waals surface area (Å²) in [5.41, 5.74) is 1.07. The second-order valence-corrected chi connectivity index (χ2v) is 4.23. The maximum atomic E-state index is 11.8. The van der Waals surface area contributed by atoms with Gasteiger partial charge in [-0.2, -0.15) is 0 Å². The van der Waals surface area contributed by atoms with Crippen molar-refractivity contribution >= 4 is 11.8 Å². The molecule has 0 aliphatic heterocycles. The lowest BCUT2D eigenvalue weighted by atomic mass is 10.1. The number of rotatable bonds is 7. The highest BCUT2D eigenvalue weighted by Crippen LogP contribution is 1.98. The molecule has 110 valence electrons. The smallest absolute Gasteiger partial charge is 0.312 e. The summed E-state index contributed by atoms with van der Waals surface area (Å²) in [7, 11) is 0. The van der Waals surface area contributed by atoms with Crippen LogP contribution >= 0.6 is 0 Å². The molecule has 0 saturated carbocycles. The molecule has 0 spiro atoms. The third kappa shape index (κ3) is 5.38. The Hall–Kier alpha value is -1.92. The van der Waals surface area contributed by atoms with Gasteiger partial charge in [-0.25, -0.2) is 0 Å². The third-order valence-corrected chi connectivity index (χ3v) is 2.76. The molecular weight excluding hydrogens is 260 g/mol. The van der Waals surface area contributed by atoms with Gasteiger partial charge in [0.25, 0.3) is 0 Å². The fourth-order valence-corrected chi connectivity index (χ4v) is 1.74. The van der Waals surface area contributed by atoms with E-state index in [1.807, 2.05) is 30.3 Å². The Kier molecular flexibility index (Phi) is 7.31. The van der Waals surface area contributed by atoms with E-state index in [1.54, 1.807) is 0 Å². The number of aliphatic hydroxyl groups is 2. The van der Waals surface area contributed by atoms with Crippen molar-refractivity contribution in [2.24, 2.45) is 0 Å². The van der Waals surface area contributed by atoms with Crippen molar-refractivity contribution in [3.8, 4) is 0 Å². The van der Waals surface area contributed by atoms with E-state index in [9.17, 15) is 9.59 Å². The lowest BCUT2D eigenvalue weighted by Gasteiger charge is -2.19. The Balaban J connectivity index is 2.39. The minimum atomic E-state index is -0.735. The van der Waals surface area contributed by atoms with Gasteiger partial charge in [0, 0.05) is 19.6 Å². The minimum absolute atomic E-state index is 0.0332. The summed E-state index contributed by atoms with van der Waals surface area (Å²) in [4.78, 5) is 24.5. The molecule has 0 aliphatic rings. The molecule has 0 aliphatic carbocycles. The van der Waals surface area contributed by atoms with Gasteiger partial charge in [0.15, 0.2) is 0 Å². The molecule has 0 atom stereocenters. The summed E-state index contributed by atoms with van der Waals surface area (Å²) in [5, 5.41) is 20.2. The summed E-state index contributed by atoms with van der Waals surface area (Å²) >= 11 is 0. The maximum Gasteiger partial charge on any atom is 0.312 e. The second-order valence-electron chi connectivity index (χ2n) is 4.23. The van der Waals surface area contributed by atoms with E-state index in [4.69, 9.17) is 10.2 Å². The maximum absolute atomic E-state index is 11.8. The van der Waals surface area contributed by atoms with Gasteiger partial charge in [0.1, 0.15) is 0 Å². The Labute approximate surface area is 118 Å². The van der Waals surface area contributed by atoms with Gasteiger partial charge in [-0.05, 0) is 12.0 Å². The van der Waals surface area contributed by atoms with Crippen molar-refractivity contribution in [3.63, 3.8) is 0 Å². The number of hydrogen-bond donors (Lipinski definition) is 3. The molecule has 6 heteroatoms. The average molecular weight is 280 g/mol. The summed E-state index contributed by atoms with van der Waals surface area (Å²) in [6.07, 6.45) is 0.639. The van der Waals surface area contributed by atoms with Crippen LogP contribution in [0, 0.1) is 0 Å². The predicted octanol–water partition coefficient (Wildman–Crippen LogP) is -0.842. The molecule has 3 N–H and O–H groups in total. The predicted molar refractivity (Wildman–Crippen MR) is 73.9 cm³/mol. The highest BCUT2D eigenvalue weighted by atomic mass is 16.3. The minimum Gasteiger partial charge on any atom is -0.395 e. The van der Waals surface area contributed by atoms with E-state index in [1.165, 1.54) is 0 Å². The van der Waals surface area contributed by atoms with Crippen LogP contribution in [-0.2, 0) is 16.0 Å². The zero-order chi connectivity index (χ0) is 14.8. The molecular formula is C14H20N2O4. The molecule has 0 radical (unpaired) electrons. The molecule has 1 rings (SSSR count). The number of nitrogens with zero attached hydrogens (tertiary/aromatic N) is 1. The van der Waals surface area contributed by atoms with Crippen molar-refractivity contribution in [2.45, 2.75) is 6.42 Å². The van der Waals surface area contributed by atoms with Crippen LogP contribution in [0.2, 0.25) is 0 Å². The van der Waals surface area contributed by atoms with Crippen molar-refractivity contribution in [1.82, 2.24) is 10.2 Å².